The van der Waals surface area contributed by atoms with Crippen LogP contribution < -0.4 is 0 Å². The summed E-state index contributed by atoms with van der Waals surface area (Å²) in [6.45, 7) is 5.59. The fraction of sp³-hybridized carbons (Fsp3) is 0.750. The Morgan fingerprint density at radius 1 is 1.55 bits per heavy atom. The minimum Gasteiger partial charge on any atom is -0.501 e. The zero-order valence-corrected chi connectivity index (χ0v) is 7.33. The molecule has 3 heteroatoms. The third-order valence-corrected chi connectivity index (χ3v) is 1.70. The first-order valence-corrected chi connectivity index (χ1v) is 3.61. The zero-order valence-electron chi connectivity index (χ0n) is 7.33. The minimum absolute atomic E-state index is 0.134. The SMILES string of the molecule is C=C(OC)[C@@H](CC)[C@@H](O)OC. The van der Waals surface area contributed by atoms with Crippen LogP contribution in [0.2, 0.25) is 0 Å². The Balaban J connectivity index is 4.03. The third-order valence-electron chi connectivity index (χ3n) is 1.70. The van der Waals surface area contributed by atoms with Crippen LogP contribution in [0.1, 0.15) is 13.3 Å². The molecule has 1 N–H and O–H groups in total. The predicted octanol–water partition coefficient (Wildman–Crippen LogP) is 1.14. The number of aliphatic hydroxyl groups is 1. The predicted molar refractivity (Wildman–Crippen MR) is 42.9 cm³/mol. The van der Waals surface area contributed by atoms with E-state index in [9.17, 15) is 5.11 Å². The molecule has 0 aliphatic heterocycles. The second-order valence-electron chi connectivity index (χ2n) is 2.31. The summed E-state index contributed by atoms with van der Waals surface area (Å²) in [5.74, 6) is 0.423. The van der Waals surface area contributed by atoms with Crippen LogP contribution >= 0.6 is 0 Å². The molecule has 2 atom stereocenters. The Kier molecular flexibility index (Phi) is 4.90. The normalized spacial score (nSPS) is 15.6. The summed E-state index contributed by atoms with van der Waals surface area (Å²) in [6, 6.07) is 0. The summed E-state index contributed by atoms with van der Waals surface area (Å²) in [5.41, 5.74) is 0. The van der Waals surface area contributed by atoms with E-state index in [1.54, 1.807) is 0 Å². The first-order chi connectivity index (χ1) is 5.17. The van der Waals surface area contributed by atoms with Crippen molar-refractivity contribution in [2.45, 2.75) is 19.6 Å². The number of aliphatic hydroxyl groups excluding tert-OH is 1. The molecule has 0 saturated carbocycles. The van der Waals surface area contributed by atoms with Gasteiger partial charge in [0, 0.05) is 7.11 Å². The molecule has 0 aromatic rings. The lowest BCUT2D eigenvalue weighted by molar-refractivity contribution is -0.112. The lowest BCUT2D eigenvalue weighted by Crippen LogP contribution is -2.23. The summed E-state index contributed by atoms with van der Waals surface area (Å²) >= 11 is 0. The molecule has 66 valence electrons. The number of hydrogen-bond donors (Lipinski definition) is 1. The fourth-order valence-electron chi connectivity index (χ4n) is 0.904. The maximum Gasteiger partial charge on any atom is 0.163 e. The highest BCUT2D eigenvalue weighted by molar-refractivity contribution is 4.91. The van der Waals surface area contributed by atoms with Gasteiger partial charge in [0.25, 0.3) is 0 Å². The maximum absolute atomic E-state index is 9.26. The van der Waals surface area contributed by atoms with E-state index in [-0.39, 0.29) is 5.92 Å². The average molecular weight is 160 g/mol. The van der Waals surface area contributed by atoms with Gasteiger partial charge in [0.15, 0.2) is 6.29 Å². The van der Waals surface area contributed by atoms with Crippen LogP contribution in [0.5, 0.6) is 0 Å². The van der Waals surface area contributed by atoms with Gasteiger partial charge in [-0.2, -0.15) is 0 Å². The summed E-state index contributed by atoms with van der Waals surface area (Å²) in [6.07, 6.45) is -0.0609. The van der Waals surface area contributed by atoms with E-state index in [1.807, 2.05) is 6.92 Å². The van der Waals surface area contributed by atoms with Crippen LogP contribution in [0.15, 0.2) is 12.3 Å². The lowest BCUT2D eigenvalue weighted by Gasteiger charge is -2.20. The Morgan fingerprint density at radius 2 is 2.09 bits per heavy atom. The van der Waals surface area contributed by atoms with Gasteiger partial charge in [0.05, 0.1) is 18.8 Å². The molecular weight excluding hydrogens is 144 g/mol. The molecule has 0 rings (SSSR count). The van der Waals surface area contributed by atoms with Crippen molar-refractivity contribution in [1.29, 1.82) is 0 Å². The summed E-state index contributed by atoms with van der Waals surface area (Å²) in [4.78, 5) is 0. The van der Waals surface area contributed by atoms with Crippen molar-refractivity contribution in [2.24, 2.45) is 5.92 Å². The molecule has 0 spiro atoms. The topological polar surface area (TPSA) is 38.7 Å². The summed E-state index contributed by atoms with van der Waals surface area (Å²) < 4.78 is 9.63. The van der Waals surface area contributed by atoms with Gasteiger partial charge in [0.2, 0.25) is 0 Å². The molecule has 0 aliphatic carbocycles. The van der Waals surface area contributed by atoms with E-state index < -0.39 is 6.29 Å². The number of ether oxygens (including phenoxy) is 2. The lowest BCUT2D eigenvalue weighted by atomic mass is 10.0. The van der Waals surface area contributed by atoms with Gasteiger partial charge in [-0.05, 0) is 6.42 Å². The molecule has 11 heavy (non-hydrogen) atoms. The van der Waals surface area contributed by atoms with Gasteiger partial charge in [0.1, 0.15) is 0 Å². The monoisotopic (exact) mass is 160 g/mol. The molecule has 0 aliphatic rings. The quantitative estimate of drug-likeness (QED) is 0.484. The second-order valence-corrected chi connectivity index (χ2v) is 2.31. The van der Waals surface area contributed by atoms with Crippen LogP contribution in [-0.2, 0) is 9.47 Å². The first-order valence-electron chi connectivity index (χ1n) is 3.61. The Bertz CT molecular complexity index is 123. The molecule has 3 nitrogen and oxygen atoms in total. The standard InChI is InChI=1S/C8H16O3/c1-5-7(6(2)10-3)8(9)11-4/h7-9H,2,5H2,1,3-4H3/t7-,8+/m1/s1. The molecule has 0 saturated heterocycles. The number of methoxy groups -OCH3 is 2. The van der Waals surface area contributed by atoms with Crippen molar-refractivity contribution >= 4 is 0 Å². The van der Waals surface area contributed by atoms with Crippen molar-refractivity contribution in [3.63, 3.8) is 0 Å². The third kappa shape index (κ3) is 2.91. The van der Waals surface area contributed by atoms with Gasteiger partial charge in [-0.1, -0.05) is 13.5 Å². The highest BCUT2D eigenvalue weighted by atomic mass is 16.6. The highest BCUT2D eigenvalue weighted by Gasteiger charge is 2.20. The molecule has 0 fully saturated rings. The average Bonchev–Trinajstić information content (AvgIpc) is 2.05. The number of hydrogen-bond acceptors (Lipinski definition) is 3. The smallest absolute Gasteiger partial charge is 0.163 e. The van der Waals surface area contributed by atoms with Crippen LogP contribution in [-0.4, -0.2) is 25.6 Å². The van der Waals surface area contributed by atoms with E-state index in [4.69, 9.17) is 9.47 Å². The fourth-order valence-corrected chi connectivity index (χ4v) is 0.904. The van der Waals surface area contributed by atoms with Crippen molar-refractivity contribution in [3.8, 4) is 0 Å². The van der Waals surface area contributed by atoms with Crippen molar-refractivity contribution in [3.05, 3.63) is 12.3 Å². The largest absolute Gasteiger partial charge is 0.501 e. The molecule has 0 amide bonds. The van der Waals surface area contributed by atoms with Crippen molar-refractivity contribution < 1.29 is 14.6 Å². The maximum atomic E-state index is 9.26. The molecule has 0 aromatic heterocycles. The molecule has 0 unspecified atom stereocenters. The van der Waals surface area contributed by atoms with Crippen molar-refractivity contribution in [1.82, 2.24) is 0 Å². The van der Waals surface area contributed by atoms with Gasteiger partial charge >= 0.3 is 0 Å². The number of rotatable bonds is 5. The van der Waals surface area contributed by atoms with E-state index in [1.165, 1.54) is 14.2 Å². The van der Waals surface area contributed by atoms with Crippen LogP contribution in [0.25, 0.3) is 0 Å². The highest BCUT2D eigenvalue weighted by Crippen LogP contribution is 2.18. The van der Waals surface area contributed by atoms with E-state index in [2.05, 4.69) is 6.58 Å². The molecular formula is C8H16O3. The molecule has 0 bridgehead atoms. The Hall–Kier alpha value is -0.540. The Morgan fingerprint density at radius 3 is 2.36 bits per heavy atom. The van der Waals surface area contributed by atoms with Crippen LogP contribution in [0.4, 0.5) is 0 Å². The first kappa shape index (κ1) is 10.5. The molecule has 0 radical (unpaired) electrons. The summed E-state index contributed by atoms with van der Waals surface area (Å²) in [7, 11) is 2.99. The Labute approximate surface area is 67.6 Å². The molecule has 0 heterocycles. The zero-order chi connectivity index (χ0) is 8.85. The second kappa shape index (κ2) is 5.16. The van der Waals surface area contributed by atoms with E-state index in [0.717, 1.165) is 6.42 Å². The van der Waals surface area contributed by atoms with Crippen molar-refractivity contribution in [2.75, 3.05) is 14.2 Å². The van der Waals surface area contributed by atoms with E-state index >= 15 is 0 Å². The minimum atomic E-state index is -0.813. The molecule has 0 aromatic carbocycles. The summed E-state index contributed by atoms with van der Waals surface area (Å²) in [5, 5.41) is 9.26. The van der Waals surface area contributed by atoms with Gasteiger partial charge < -0.3 is 14.6 Å². The van der Waals surface area contributed by atoms with Crippen LogP contribution in [0.3, 0.4) is 0 Å². The van der Waals surface area contributed by atoms with Crippen LogP contribution in [0, 0.1) is 5.92 Å². The van der Waals surface area contributed by atoms with Gasteiger partial charge in [-0.3, -0.25) is 0 Å². The van der Waals surface area contributed by atoms with E-state index in [0.29, 0.717) is 5.76 Å². The van der Waals surface area contributed by atoms with Gasteiger partial charge in [-0.25, -0.2) is 0 Å². The van der Waals surface area contributed by atoms with Gasteiger partial charge in [-0.15, -0.1) is 0 Å².